The summed E-state index contributed by atoms with van der Waals surface area (Å²) < 4.78 is 10.5. The number of hydrogen-bond acceptors (Lipinski definition) is 10. The Balaban J connectivity index is 1.31. The van der Waals surface area contributed by atoms with Gasteiger partial charge in [0.15, 0.2) is 11.5 Å². The summed E-state index contributed by atoms with van der Waals surface area (Å²) in [5.74, 6) is 0.0577. The van der Waals surface area contributed by atoms with Crippen molar-refractivity contribution in [2.75, 3.05) is 12.1 Å². The second kappa shape index (κ2) is 8.58. The van der Waals surface area contributed by atoms with Crippen molar-refractivity contribution < 1.29 is 19.1 Å². The summed E-state index contributed by atoms with van der Waals surface area (Å²) in [5, 5.41) is 14.3. The smallest absolute Gasteiger partial charge is 0.326 e. The third-order valence-electron chi connectivity index (χ3n) is 3.80. The zero-order chi connectivity index (χ0) is 21.8. The average molecular weight is 443 g/mol. The summed E-state index contributed by atoms with van der Waals surface area (Å²) in [4.78, 5) is 50.8. The third-order valence-corrected chi connectivity index (χ3v) is 4.64. The van der Waals surface area contributed by atoms with Crippen molar-refractivity contribution in [2.24, 2.45) is 5.10 Å². The monoisotopic (exact) mass is 443 g/mol. The maximum absolute atomic E-state index is 12.1. The molecule has 13 nitrogen and oxygen atoms in total. The van der Waals surface area contributed by atoms with Crippen LogP contribution in [0.1, 0.15) is 21.1 Å². The van der Waals surface area contributed by atoms with E-state index in [9.17, 15) is 19.2 Å². The van der Waals surface area contributed by atoms with Gasteiger partial charge >= 0.3 is 5.69 Å². The van der Waals surface area contributed by atoms with Gasteiger partial charge in [-0.2, -0.15) is 5.10 Å². The first-order chi connectivity index (χ1) is 15.0. The summed E-state index contributed by atoms with van der Waals surface area (Å²) in [6.45, 7) is 0.165. The number of aromatic amines is 2. The van der Waals surface area contributed by atoms with Crippen LogP contribution in [0.4, 0.5) is 5.13 Å². The zero-order valence-corrected chi connectivity index (χ0v) is 16.3. The minimum atomic E-state index is -0.812. The van der Waals surface area contributed by atoms with Gasteiger partial charge in [-0.25, -0.2) is 10.2 Å². The lowest BCUT2D eigenvalue weighted by Gasteiger charge is -1.99. The van der Waals surface area contributed by atoms with E-state index < -0.39 is 23.1 Å². The van der Waals surface area contributed by atoms with Crippen LogP contribution in [0.5, 0.6) is 11.5 Å². The molecule has 14 heteroatoms. The van der Waals surface area contributed by atoms with Crippen LogP contribution in [0.15, 0.2) is 39.0 Å². The van der Waals surface area contributed by atoms with Crippen molar-refractivity contribution in [1.29, 1.82) is 0 Å². The number of hydrogen-bond donors (Lipinski definition) is 4. The number of fused-ring (bicyclic) bond motifs is 1. The first-order valence-electron chi connectivity index (χ1n) is 8.65. The Morgan fingerprint density at radius 1 is 1.16 bits per heavy atom. The molecule has 2 amide bonds. The van der Waals surface area contributed by atoms with E-state index in [-0.39, 0.29) is 24.0 Å². The standard InChI is InChI=1S/C17H13N7O6S/c25-12-4-9(19-16(28)20-12)15(27)21-17-24-23-14(31-17)5-13(26)22-18-6-8-1-2-10-11(3-8)30-7-29-10/h1-4,6H,5,7H2,(H,22,26)(H,21,24,27)(H2,19,20,25,28)/b18-6-. The predicted molar refractivity (Wildman–Crippen MR) is 108 cm³/mol. The molecular formula is C17H13N7O6S. The number of carbonyl (C=O) groups is 2. The number of anilines is 1. The quantitative estimate of drug-likeness (QED) is 0.293. The number of nitrogens with one attached hydrogen (secondary N) is 4. The summed E-state index contributed by atoms with van der Waals surface area (Å²) in [5.41, 5.74) is 1.31. The Morgan fingerprint density at radius 2 is 2.00 bits per heavy atom. The lowest BCUT2D eigenvalue weighted by molar-refractivity contribution is -0.120. The van der Waals surface area contributed by atoms with Crippen LogP contribution in [-0.2, 0) is 11.2 Å². The number of carbonyl (C=O) groups excluding carboxylic acids is 2. The number of hydrazone groups is 1. The lowest BCUT2D eigenvalue weighted by atomic mass is 10.2. The zero-order valence-electron chi connectivity index (χ0n) is 15.5. The highest BCUT2D eigenvalue weighted by Gasteiger charge is 2.14. The van der Waals surface area contributed by atoms with Gasteiger partial charge in [0.25, 0.3) is 11.5 Å². The molecule has 0 radical (unpaired) electrons. The van der Waals surface area contributed by atoms with E-state index in [1.165, 1.54) is 6.21 Å². The fourth-order valence-electron chi connectivity index (χ4n) is 2.48. The number of amides is 2. The van der Waals surface area contributed by atoms with Crippen LogP contribution in [0, 0.1) is 0 Å². The van der Waals surface area contributed by atoms with Crippen LogP contribution < -0.4 is 31.5 Å². The molecule has 3 heterocycles. The van der Waals surface area contributed by atoms with Crippen molar-refractivity contribution >= 4 is 34.5 Å². The largest absolute Gasteiger partial charge is 0.454 e. The van der Waals surface area contributed by atoms with Gasteiger partial charge in [0.1, 0.15) is 10.7 Å². The van der Waals surface area contributed by atoms with Gasteiger partial charge in [-0.05, 0) is 23.8 Å². The number of benzene rings is 1. The molecule has 0 saturated carbocycles. The molecule has 3 aromatic rings. The molecule has 0 spiro atoms. The van der Waals surface area contributed by atoms with Crippen LogP contribution >= 0.6 is 11.3 Å². The molecule has 2 aromatic heterocycles. The maximum atomic E-state index is 12.1. The summed E-state index contributed by atoms with van der Waals surface area (Å²) in [6, 6.07) is 6.16. The van der Waals surface area contributed by atoms with Gasteiger partial charge in [0, 0.05) is 6.07 Å². The Kier molecular flexibility index (Phi) is 5.53. The van der Waals surface area contributed by atoms with Gasteiger partial charge < -0.3 is 14.5 Å². The number of H-pyrrole nitrogens is 2. The molecule has 0 saturated heterocycles. The van der Waals surface area contributed by atoms with Crippen LogP contribution in [0.3, 0.4) is 0 Å². The molecule has 158 valence electrons. The Hall–Kier alpha value is -4.33. The molecule has 1 aliphatic heterocycles. The van der Waals surface area contributed by atoms with Crippen LogP contribution in [0.25, 0.3) is 0 Å². The van der Waals surface area contributed by atoms with Crippen LogP contribution in [0.2, 0.25) is 0 Å². The molecule has 0 fully saturated rings. The molecular weight excluding hydrogens is 430 g/mol. The summed E-state index contributed by atoms with van der Waals surface area (Å²) in [6.07, 6.45) is 1.34. The van der Waals surface area contributed by atoms with Gasteiger partial charge in [0.05, 0.1) is 12.6 Å². The van der Waals surface area contributed by atoms with E-state index >= 15 is 0 Å². The van der Waals surface area contributed by atoms with E-state index in [1.54, 1.807) is 18.2 Å². The summed E-state index contributed by atoms with van der Waals surface area (Å²) in [7, 11) is 0. The van der Waals surface area contributed by atoms with Gasteiger partial charge in [0.2, 0.25) is 17.8 Å². The second-order valence-electron chi connectivity index (χ2n) is 6.04. The topological polar surface area (TPSA) is 181 Å². The van der Waals surface area contributed by atoms with E-state index in [1.807, 2.05) is 4.98 Å². The van der Waals surface area contributed by atoms with Gasteiger partial charge in [-0.1, -0.05) is 11.3 Å². The highest BCUT2D eigenvalue weighted by atomic mass is 32.1. The lowest BCUT2D eigenvalue weighted by Crippen LogP contribution is -2.27. The molecule has 0 aliphatic carbocycles. The predicted octanol–water partition coefficient (Wildman–Crippen LogP) is -0.411. The van der Waals surface area contributed by atoms with E-state index in [0.29, 0.717) is 22.1 Å². The summed E-state index contributed by atoms with van der Waals surface area (Å²) >= 11 is 0.961. The van der Waals surface area contributed by atoms with Crippen molar-refractivity contribution in [3.05, 3.63) is 61.4 Å². The van der Waals surface area contributed by atoms with E-state index in [4.69, 9.17) is 9.47 Å². The van der Waals surface area contributed by atoms with Crippen molar-refractivity contribution in [2.45, 2.75) is 6.42 Å². The molecule has 1 aliphatic rings. The normalized spacial score (nSPS) is 12.1. The Labute approximate surface area is 176 Å². The minimum absolute atomic E-state index is 0.0952. The maximum Gasteiger partial charge on any atom is 0.326 e. The Morgan fingerprint density at radius 3 is 2.84 bits per heavy atom. The van der Waals surface area contributed by atoms with Gasteiger partial charge in [-0.15, -0.1) is 10.2 Å². The third kappa shape index (κ3) is 4.99. The van der Waals surface area contributed by atoms with Gasteiger partial charge in [-0.3, -0.25) is 24.7 Å². The SMILES string of the molecule is O=C(Cc1nnc(NC(=O)c2cc(=O)[nH]c(=O)[nH]2)s1)N/N=C\c1ccc2c(c1)OCO2. The first-order valence-corrected chi connectivity index (χ1v) is 9.47. The number of nitrogens with zero attached hydrogens (tertiary/aromatic N) is 3. The highest BCUT2D eigenvalue weighted by Crippen LogP contribution is 2.31. The average Bonchev–Trinajstić information content (AvgIpc) is 3.36. The number of ether oxygens (including phenoxy) is 2. The Bertz CT molecular complexity index is 1270. The molecule has 31 heavy (non-hydrogen) atoms. The fraction of sp³-hybridized carbons (Fsp3) is 0.118. The van der Waals surface area contributed by atoms with E-state index in [0.717, 1.165) is 17.4 Å². The number of aromatic nitrogens is 4. The van der Waals surface area contributed by atoms with Crippen LogP contribution in [-0.4, -0.2) is 45.0 Å². The number of rotatable bonds is 6. The fourth-order valence-corrected chi connectivity index (χ4v) is 3.21. The van der Waals surface area contributed by atoms with Crippen molar-refractivity contribution in [3.8, 4) is 11.5 Å². The minimum Gasteiger partial charge on any atom is -0.454 e. The first kappa shape index (κ1) is 20.0. The van der Waals surface area contributed by atoms with E-state index in [2.05, 4.69) is 31.0 Å². The molecule has 1 aromatic carbocycles. The second-order valence-corrected chi connectivity index (χ2v) is 7.10. The highest BCUT2D eigenvalue weighted by molar-refractivity contribution is 7.15. The molecule has 0 bridgehead atoms. The molecule has 4 N–H and O–H groups in total. The molecule has 4 rings (SSSR count). The van der Waals surface area contributed by atoms with Crippen molar-refractivity contribution in [1.82, 2.24) is 25.6 Å². The molecule has 0 atom stereocenters. The molecule has 0 unspecified atom stereocenters. The van der Waals surface area contributed by atoms with Crippen molar-refractivity contribution in [3.63, 3.8) is 0 Å².